The van der Waals surface area contributed by atoms with Crippen molar-refractivity contribution in [1.82, 2.24) is 4.57 Å². The van der Waals surface area contributed by atoms with Crippen LogP contribution >= 0.6 is 11.6 Å². The van der Waals surface area contributed by atoms with Crippen LogP contribution in [0.4, 0.5) is 0 Å². The van der Waals surface area contributed by atoms with Gasteiger partial charge in [-0.3, -0.25) is 0 Å². The number of nitrogens with zero attached hydrogens (tertiary/aromatic N) is 1. The summed E-state index contributed by atoms with van der Waals surface area (Å²) in [6.07, 6.45) is 2.07. The maximum absolute atomic E-state index is 6.29. The number of ether oxygens (including phenoxy) is 1. The molecule has 0 aliphatic heterocycles. The average molecular weight is 272 g/mol. The highest BCUT2D eigenvalue weighted by Crippen LogP contribution is 2.29. The van der Waals surface area contributed by atoms with Crippen molar-refractivity contribution in [2.45, 2.75) is 6.61 Å². The molecule has 2 nitrogen and oxygen atoms in total. The van der Waals surface area contributed by atoms with E-state index >= 15 is 0 Å². The Morgan fingerprint density at radius 2 is 1.84 bits per heavy atom. The highest BCUT2D eigenvalue weighted by Gasteiger charge is 2.10. The lowest BCUT2D eigenvalue weighted by atomic mass is 10.2. The number of fused-ring (bicyclic) bond motifs is 1. The first kappa shape index (κ1) is 12.1. The lowest BCUT2D eigenvalue weighted by molar-refractivity contribution is 0.307. The molecule has 0 fully saturated rings. The van der Waals surface area contributed by atoms with E-state index in [0.717, 1.165) is 27.2 Å². The third kappa shape index (κ3) is 2.32. The van der Waals surface area contributed by atoms with E-state index in [0.29, 0.717) is 6.61 Å². The van der Waals surface area contributed by atoms with Gasteiger partial charge in [0.2, 0.25) is 0 Å². The van der Waals surface area contributed by atoms with E-state index in [1.54, 1.807) is 0 Å². The van der Waals surface area contributed by atoms with Crippen LogP contribution in [0.25, 0.3) is 10.9 Å². The molecule has 0 amide bonds. The van der Waals surface area contributed by atoms with Crippen LogP contribution in [0.1, 0.15) is 5.56 Å². The van der Waals surface area contributed by atoms with Crippen LogP contribution in [0, 0.1) is 0 Å². The molecule has 0 N–H and O–H groups in total. The maximum Gasteiger partial charge on any atom is 0.119 e. The molecular formula is C16H14ClNO. The Bertz CT molecular complexity index is 703. The summed E-state index contributed by atoms with van der Waals surface area (Å²) in [5.74, 6) is 0.867. The number of rotatable bonds is 3. The first-order valence-corrected chi connectivity index (χ1v) is 6.54. The third-order valence-electron chi connectivity index (χ3n) is 3.18. The topological polar surface area (TPSA) is 14.2 Å². The van der Waals surface area contributed by atoms with E-state index in [-0.39, 0.29) is 0 Å². The Kier molecular flexibility index (Phi) is 3.18. The van der Waals surface area contributed by atoms with Crippen molar-refractivity contribution in [2.24, 2.45) is 7.05 Å². The molecule has 3 rings (SSSR count). The van der Waals surface area contributed by atoms with Crippen LogP contribution in [0.5, 0.6) is 5.75 Å². The second kappa shape index (κ2) is 4.98. The fourth-order valence-electron chi connectivity index (χ4n) is 2.28. The molecule has 19 heavy (non-hydrogen) atoms. The van der Waals surface area contributed by atoms with Crippen LogP contribution in [0.3, 0.4) is 0 Å². The predicted molar refractivity (Wildman–Crippen MR) is 78.7 cm³/mol. The summed E-state index contributed by atoms with van der Waals surface area (Å²) in [7, 11) is 2.02. The summed E-state index contributed by atoms with van der Waals surface area (Å²) >= 11 is 6.29. The molecule has 0 aliphatic carbocycles. The summed E-state index contributed by atoms with van der Waals surface area (Å²) in [6, 6.07) is 15.7. The van der Waals surface area contributed by atoms with Crippen molar-refractivity contribution >= 4 is 22.5 Å². The van der Waals surface area contributed by atoms with E-state index in [9.17, 15) is 0 Å². The van der Waals surface area contributed by atoms with Gasteiger partial charge in [0.1, 0.15) is 12.4 Å². The molecule has 0 saturated carbocycles. The van der Waals surface area contributed by atoms with Gasteiger partial charge in [-0.25, -0.2) is 0 Å². The molecule has 2 aromatic carbocycles. The van der Waals surface area contributed by atoms with Gasteiger partial charge in [-0.05, 0) is 24.3 Å². The number of hydrogen-bond acceptors (Lipinski definition) is 1. The van der Waals surface area contributed by atoms with Crippen LogP contribution in [0.2, 0.25) is 5.02 Å². The van der Waals surface area contributed by atoms with Crippen molar-refractivity contribution < 1.29 is 4.74 Å². The van der Waals surface area contributed by atoms with Gasteiger partial charge in [0.05, 0.1) is 5.02 Å². The molecule has 1 aromatic heterocycles. The van der Waals surface area contributed by atoms with E-state index in [4.69, 9.17) is 16.3 Å². The number of benzene rings is 2. The quantitative estimate of drug-likeness (QED) is 0.688. The van der Waals surface area contributed by atoms with Gasteiger partial charge < -0.3 is 9.30 Å². The summed E-state index contributed by atoms with van der Waals surface area (Å²) in [5.41, 5.74) is 2.23. The monoisotopic (exact) mass is 271 g/mol. The molecule has 0 radical (unpaired) electrons. The highest BCUT2D eigenvalue weighted by atomic mass is 35.5. The number of para-hydroxylation sites is 1. The molecule has 0 unspecified atom stereocenters. The second-order valence-electron chi connectivity index (χ2n) is 4.50. The largest absolute Gasteiger partial charge is 0.489 e. The average Bonchev–Trinajstić information content (AvgIpc) is 2.76. The zero-order valence-electron chi connectivity index (χ0n) is 10.6. The van der Waals surface area contributed by atoms with Gasteiger partial charge in [-0.1, -0.05) is 35.9 Å². The summed E-state index contributed by atoms with van der Waals surface area (Å²) in [5, 5.41) is 1.84. The van der Waals surface area contributed by atoms with Crippen LogP contribution < -0.4 is 4.74 Å². The van der Waals surface area contributed by atoms with Gasteiger partial charge in [0.25, 0.3) is 0 Å². The maximum atomic E-state index is 6.29. The fourth-order valence-corrected chi connectivity index (χ4v) is 2.57. The minimum Gasteiger partial charge on any atom is -0.489 e. The van der Waals surface area contributed by atoms with E-state index in [2.05, 4.69) is 16.8 Å². The van der Waals surface area contributed by atoms with Crippen molar-refractivity contribution in [2.75, 3.05) is 0 Å². The molecule has 3 aromatic rings. The van der Waals surface area contributed by atoms with Crippen LogP contribution in [-0.2, 0) is 13.7 Å². The number of hydrogen-bond donors (Lipinski definition) is 0. The molecule has 96 valence electrons. The van der Waals surface area contributed by atoms with Gasteiger partial charge >= 0.3 is 0 Å². The smallest absolute Gasteiger partial charge is 0.119 e. The van der Waals surface area contributed by atoms with E-state index in [1.807, 2.05) is 49.5 Å². The van der Waals surface area contributed by atoms with Gasteiger partial charge in [0.15, 0.2) is 0 Å². The standard InChI is InChI=1S/C16H14ClNO/c1-18-10-12(11-19-13-6-3-2-4-7-13)16-14(17)8-5-9-15(16)18/h2-10H,11H2,1H3. The Morgan fingerprint density at radius 1 is 1.05 bits per heavy atom. The highest BCUT2D eigenvalue weighted by molar-refractivity contribution is 6.35. The summed E-state index contributed by atoms with van der Waals surface area (Å²) in [6.45, 7) is 0.519. The van der Waals surface area contributed by atoms with Crippen molar-refractivity contribution in [3.05, 3.63) is 65.3 Å². The molecular weight excluding hydrogens is 258 g/mol. The molecule has 0 bridgehead atoms. The Morgan fingerprint density at radius 3 is 2.63 bits per heavy atom. The molecule has 0 saturated heterocycles. The normalized spacial score (nSPS) is 10.8. The minimum atomic E-state index is 0.519. The summed E-state index contributed by atoms with van der Waals surface area (Å²) < 4.78 is 7.87. The Balaban J connectivity index is 1.93. The fraction of sp³-hybridized carbons (Fsp3) is 0.125. The number of aryl methyl sites for hydroxylation is 1. The van der Waals surface area contributed by atoms with Gasteiger partial charge in [0, 0.05) is 29.7 Å². The molecule has 0 atom stereocenters. The van der Waals surface area contributed by atoms with Gasteiger partial charge in [-0.15, -0.1) is 0 Å². The Labute approximate surface area is 117 Å². The number of halogens is 1. The third-order valence-corrected chi connectivity index (χ3v) is 3.49. The molecule has 0 aliphatic rings. The lowest BCUT2D eigenvalue weighted by Crippen LogP contribution is -1.94. The first-order valence-electron chi connectivity index (χ1n) is 6.16. The van der Waals surface area contributed by atoms with Crippen molar-refractivity contribution in [1.29, 1.82) is 0 Å². The predicted octanol–water partition coefficient (Wildman–Crippen LogP) is 4.41. The first-order chi connectivity index (χ1) is 9.25. The molecule has 1 heterocycles. The molecule has 3 heteroatoms. The number of aromatic nitrogens is 1. The van der Waals surface area contributed by atoms with Gasteiger partial charge in [-0.2, -0.15) is 0 Å². The summed E-state index contributed by atoms with van der Waals surface area (Å²) in [4.78, 5) is 0. The van der Waals surface area contributed by atoms with Crippen LogP contribution in [-0.4, -0.2) is 4.57 Å². The van der Waals surface area contributed by atoms with Crippen molar-refractivity contribution in [3.8, 4) is 5.75 Å². The SMILES string of the molecule is Cn1cc(COc2ccccc2)c2c(Cl)cccc21. The Hall–Kier alpha value is -1.93. The van der Waals surface area contributed by atoms with Crippen molar-refractivity contribution in [3.63, 3.8) is 0 Å². The lowest BCUT2D eigenvalue weighted by Gasteiger charge is -2.05. The minimum absolute atomic E-state index is 0.519. The zero-order valence-corrected chi connectivity index (χ0v) is 11.4. The zero-order chi connectivity index (χ0) is 13.2. The molecule has 0 spiro atoms. The van der Waals surface area contributed by atoms with Crippen LogP contribution in [0.15, 0.2) is 54.7 Å². The second-order valence-corrected chi connectivity index (χ2v) is 4.91. The van der Waals surface area contributed by atoms with E-state index in [1.165, 1.54) is 0 Å². The van der Waals surface area contributed by atoms with E-state index < -0.39 is 0 Å².